The summed E-state index contributed by atoms with van der Waals surface area (Å²) in [7, 11) is 0. The van der Waals surface area contributed by atoms with Gasteiger partial charge in [0, 0.05) is 12.8 Å². The molecule has 0 radical (unpaired) electrons. The molecule has 1 atom stereocenters. The van der Waals surface area contributed by atoms with Gasteiger partial charge >= 0.3 is 5.97 Å². The van der Waals surface area contributed by atoms with Crippen molar-refractivity contribution in [1.82, 2.24) is 5.06 Å². The van der Waals surface area contributed by atoms with Crippen LogP contribution in [0.4, 0.5) is 0 Å². The average molecular weight is 194 g/mol. The van der Waals surface area contributed by atoms with E-state index < -0.39 is 18.1 Å². The number of aliphatic hydroxyl groups is 1. The molecule has 1 rings (SSSR count). The summed E-state index contributed by atoms with van der Waals surface area (Å²) in [4.78, 5) is 25.9. The van der Waals surface area contributed by atoms with E-state index in [1.807, 2.05) is 0 Å². The minimum absolute atomic E-state index is 0.191. The SMILES string of the molecule is O=C(CCl)ON1C(=O)CCC1O. The molecule has 5 nitrogen and oxygen atoms in total. The lowest BCUT2D eigenvalue weighted by atomic mass is 10.4. The first kappa shape index (κ1) is 9.28. The summed E-state index contributed by atoms with van der Waals surface area (Å²) in [5.74, 6) is -1.48. The molecule has 0 bridgehead atoms. The number of halogens is 1. The minimum atomic E-state index is -1.02. The molecule has 0 saturated carbocycles. The van der Waals surface area contributed by atoms with Crippen molar-refractivity contribution < 1.29 is 19.5 Å². The van der Waals surface area contributed by atoms with E-state index in [2.05, 4.69) is 4.84 Å². The first-order valence-corrected chi connectivity index (χ1v) is 3.95. The Morgan fingerprint density at radius 1 is 1.83 bits per heavy atom. The van der Waals surface area contributed by atoms with Gasteiger partial charge in [0.25, 0.3) is 5.91 Å². The van der Waals surface area contributed by atoms with Gasteiger partial charge in [0.15, 0.2) is 6.23 Å². The smallest absolute Gasteiger partial charge is 0.347 e. The Morgan fingerprint density at radius 3 is 2.92 bits per heavy atom. The molecule has 6 heteroatoms. The zero-order valence-corrected chi connectivity index (χ0v) is 6.95. The van der Waals surface area contributed by atoms with Crippen molar-refractivity contribution in [2.24, 2.45) is 0 Å². The van der Waals surface area contributed by atoms with Crippen molar-refractivity contribution in [2.75, 3.05) is 5.88 Å². The van der Waals surface area contributed by atoms with E-state index in [0.717, 1.165) is 0 Å². The number of hydrogen-bond donors (Lipinski definition) is 1. The zero-order chi connectivity index (χ0) is 9.14. The molecule has 1 heterocycles. The van der Waals surface area contributed by atoms with Gasteiger partial charge in [0.2, 0.25) is 0 Å². The number of carbonyl (C=O) groups is 2. The first-order valence-electron chi connectivity index (χ1n) is 3.42. The monoisotopic (exact) mass is 193 g/mol. The standard InChI is InChI=1S/C6H8ClNO4/c7-3-6(11)12-8-4(9)1-2-5(8)10/h4,9H,1-3H2. The summed E-state index contributed by atoms with van der Waals surface area (Å²) >= 11 is 5.13. The van der Waals surface area contributed by atoms with Crippen LogP contribution in [0.15, 0.2) is 0 Å². The number of aliphatic hydroxyl groups excluding tert-OH is 1. The Hall–Kier alpha value is -0.810. The molecule has 1 aliphatic heterocycles. The molecule has 1 amide bonds. The largest absolute Gasteiger partial charge is 0.370 e. The molecule has 0 aliphatic carbocycles. The first-order chi connectivity index (χ1) is 5.65. The van der Waals surface area contributed by atoms with Crippen LogP contribution in [-0.2, 0) is 14.4 Å². The summed E-state index contributed by atoms with van der Waals surface area (Å²) in [6.07, 6.45) is -0.546. The Bertz CT molecular complexity index is 208. The second-order valence-electron chi connectivity index (χ2n) is 2.34. The highest BCUT2D eigenvalue weighted by Gasteiger charge is 2.32. The molecule has 12 heavy (non-hydrogen) atoms. The summed E-state index contributed by atoms with van der Waals surface area (Å²) in [5, 5.41) is 9.75. The third-order valence-corrected chi connectivity index (χ3v) is 1.66. The summed E-state index contributed by atoms with van der Waals surface area (Å²) in [6.45, 7) is 0. The Morgan fingerprint density at radius 2 is 2.50 bits per heavy atom. The van der Waals surface area contributed by atoms with Gasteiger partial charge in [-0.1, -0.05) is 0 Å². The summed E-state index contributed by atoms with van der Waals surface area (Å²) in [6, 6.07) is 0. The molecular formula is C6H8ClNO4. The molecule has 1 unspecified atom stereocenters. The predicted octanol–water partition coefficient (Wildman–Crippen LogP) is -0.376. The maximum absolute atomic E-state index is 10.9. The van der Waals surface area contributed by atoms with Gasteiger partial charge in [-0.05, 0) is 0 Å². The fraction of sp³-hybridized carbons (Fsp3) is 0.667. The Balaban J connectivity index is 2.50. The van der Waals surface area contributed by atoms with E-state index >= 15 is 0 Å². The van der Waals surface area contributed by atoms with E-state index in [-0.39, 0.29) is 18.7 Å². The molecule has 1 N–H and O–H groups in total. The minimum Gasteiger partial charge on any atom is -0.370 e. The predicted molar refractivity (Wildman–Crippen MR) is 38.9 cm³/mol. The third-order valence-electron chi connectivity index (χ3n) is 1.44. The van der Waals surface area contributed by atoms with Crippen LogP contribution in [0.1, 0.15) is 12.8 Å². The topological polar surface area (TPSA) is 66.8 Å². The van der Waals surface area contributed by atoms with Gasteiger partial charge in [-0.2, -0.15) is 0 Å². The number of amides is 1. The van der Waals surface area contributed by atoms with Crippen LogP contribution in [0.3, 0.4) is 0 Å². The summed E-state index contributed by atoms with van der Waals surface area (Å²) in [5.41, 5.74) is 0. The Labute approximate surface area is 73.8 Å². The molecule has 1 aliphatic rings. The van der Waals surface area contributed by atoms with Crippen molar-refractivity contribution >= 4 is 23.5 Å². The molecule has 0 aromatic rings. The number of alkyl halides is 1. The number of hydroxylamine groups is 2. The normalized spacial score (nSPS) is 23.0. The van der Waals surface area contributed by atoms with Gasteiger partial charge in [-0.25, -0.2) is 4.79 Å². The number of carbonyl (C=O) groups excluding carboxylic acids is 2. The van der Waals surface area contributed by atoms with Crippen LogP contribution >= 0.6 is 11.6 Å². The molecule has 0 spiro atoms. The number of nitrogens with zero attached hydrogens (tertiary/aromatic N) is 1. The van der Waals surface area contributed by atoms with Gasteiger partial charge in [-0.15, -0.1) is 16.7 Å². The summed E-state index contributed by atoms with van der Waals surface area (Å²) < 4.78 is 0. The lowest BCUT2D eigenvalue weighted by Crippen LogP contribution is -2.35. The van der Waals surface area contributed by atoms with Crippen molar-refractivity contribution in [2.45, 2.75) is 19.1 Å². The van der Waals surface area contributed by atoms with E-state index in [1.165, 1.54) is 0 Å². The van der Waals surface area contributed by atoms with Crippen LogP contribution < -0.4 is 0 Å². The Kier molecular flexibility index (Phi) is 2.88. The van der Waals surface area contributed by atoms with Crippen molar-refractivity contribution in [3.8, 4) is 0 Å². The van der Waals surface area contributed by atoms with Gasteiger partial charge in [-0.3, -0.25) is 4.79 Å². The van der Waals surface area contributed by atoms with Gasteiger partial charge in [0.05, 0.1) is 0 Å². The fourth-order valence-electron chi connectivity index (χ4n) is 0.892. The second kappa shape index (κ2) is 3.73. The molecule has 1 fully saturated rings. The van der Waals surface area contributed by atoms with Crippen LogP contribution in [0, 0.1) is 0 Å². The average Bonchev–Trinajstić information content (AvgIpc) is 2.35. The molecular weight excluding hydrogens is 186 g/mol. The second-order valence-corrected chi connectivity index (χ2v) is 2.60. The number of hydrogen-bond acceptors (Lipinski definition) is 4. The number of rotatable bonds is 2. The highest BCUT2D eigenvalue weighted by molar-refractivity contribution is 6.26. The van der Waals surface area contributed by atoms with E-state index in [1.54, 1.807) is 0 Å². The maximum atomic E-state index is 10.9. The molecule has 0 aromatic heterocycles. The van der Waals surface area contributed by atoms with Crippen LogP contribution in [0.5, 0.6) is 0 Å². The third kappa shape index (κ3) is 1.86. The molecule has 0 aromatic carbocycles. The fourth-order valence-corrected chi connectivity index (χ4v) is 0.941. The maximum Gasteiger partial charge on any atom is 0.347 e. The molecule has 1 saturated heterocycles. The van der Waals surface area contributed by atoms with E-state index in [0.29, 0.717) is 5.06 Å². The lowest BCUT2D eigenvalue weighted by Gasteiger charge is -2.17. The lowest BCUT2D eigenvalue weighted by molar-refractivity contribution is -0.218. The highest BCUT2D eigenvalue weighted by atomic mass is 35.5. The van der Waals surface area contributed by atoms with Crippen molar-refractivity contribution in [3.63, 3.8) is 0 Å². The van der Waals surface area contributed by atoms with Gasteiger partial charge in [0.1, 0.15) is 5.88 Å². The van der Waals surface area contributed by atoms with E-state index in [4.69, 9.17) is 16.7 Å². The highest BCUT2D eigenvalue weighted by Crippen LogP contribution is 2.16. The quantitative estimate of drug-likeness (QED) is 0.608. The van der Waals surface area contributed by atoms with Gasteiger partial charge < -0.3 is 9.94 Å². The molecule has 68 valence electrons. The zero-order valence-electron chi connectivity index (χ0n) is 6.20. The van der Waals surface area contributed by atoms with Crippen LogP contribution in [-0.4, -0.2) is 34.2 Å². The van der Waals surface area contributed by atoms with Crippen LogP contribution in [0.2, 0.25) is 0 Å². The van der Waals surface area contributed by atoms with Crippen molar-refractivity contribution in [3.05, 3.63) is 0 Å². The van der Waals surface area contributed by atoms with Crippen molar-refractivity contribution in [1.29, 1.82) is 0 Å². The van der Waals surface area contributed by atoms with E-state index in [9.17, 15) is 9.59 Å². The van der Waals surface area contributed by atoms with Crippen LogP contribution in [0.25, 0.3) is 0 Å².